The highest BCUT2D eigenvalue weighted by Crippen LogP contribution is 2.31. The summed E-state index contributed by atoms with van der Waals surface area (Å²) in [7, 11) is 0. The molecule has 1 heterocycles. The number of carbonyl (C=O) groups is 1. The number of aromatic nitrogens is 2. The lowest BCUT2D eigenvalue weighted by Gasteiger charge is -2.27. The predicted molar refractivity (Wildman–Crippen MR) is 104 cm³/mol. The molecule has 0 aliphatic rings. The van der Waals surface area contributed by atoms with Gasteiger partial charge in [-0.3, -0.25) is 10.1 Å². The molecular weight excluding hydrogens is 364 g/mol. The number of rotatable bonds is 8. The highest BCUT2D eigenvalue weighted by Gasteiger charge is 2.33. The van der Waals surface area contributed by atoms with Crippen molar-refractivity contribution in [2.24, 2.45) is 11.1 Å². The van der Waals surface area contributed by atoms with E-state index in [1.807, 2.05) is 32.0 Å². The van der Waals surface area contributed by atoms with Crippen LogP contribution in [0.5, 0.6) is 0 Å². The van der Waals surface area contributed by atoms with Gasteiger partial charge in [-0.25, -0.2) is 0 Å². The van der Waals surface area contributed by atoms with Crippen molar-refractivity contribution < 1.29 is 4.79 Å². The molecule has 0 fully saturated rings. The van der Waals surface area contributed by atoms with E-state index in [0.717, 1.165) is 10.1 Å². The molecule has 3 N–H and O–H groups in total. The number of nitrogens with one attached hydrogen (secondary N) is 1. The number of halogens is 1. The van der Waals surface area contributed by atoms with Gasteiger partial charge in [-0.2, -0.15) is 0 Å². The summed E-state index contributed by atoms with van der Waals surface area (Å²) in [5.41, 5.74) is 6.51. The number of carbonyl (C=O) groups excluding carboxylic acids is 1. The number of hydrogen-bond acceptors (Lipinski definition) is 6. The maximum Gasteiger partial charge on any atom is 0.233 e. The van der Waals surface area contributed by atoms with E-state index in [0.29, 0.717) is 24.5 Å². The van der Waals surface area contributed by atoms with Gasteiger partial charge in [0.25, 0.3) is 0 Å². The van der Waals surface area contributed by atoms with Crippen molar-refractivity contribution >= 4 is 46.5 Å². The summed E-state index contributed by atoms with van der Waals surface area (Å²) in [6, 6.07) is 10.2. The molecule has 0 aliphatic heterocycles. The van der Waals surface area contributed by atoms with E-state index >= 15 is 0 Å². The minimum Gasteiger partial charge on any atom is -0.329 e. The standard InChI is InChI=1S/C16H22N4OS2.ClH/c1-3-16(4-2,11-17)13(21)18-14-19-20-15(23-14)22-10-12-8-6-5-7-9-12;/h5-9H,3-4,10-11,17H2,1-2H3,(H,18,19,21);1H. The molecule has 0 unspecified atom stereocenters. The van der Waals surface area contributed by atoms with Gasteiger partial charge in [0.05, 0.1) is 5.41 Å². The summed E-state index contributed by atoms with van der Waals surface area (Å²) >= 11 is 3.01. The van der Waals surface area contributed by atoms with E-state index in [1.165, 1.54) is 16.9 Å². The molecule has 1 amide bonds. The molecule has 2 rings (SSSR count). The lowest BCUT2D eigenvalue weighted by molar-refractivity contribution is -0.125. The Bertz CT molecular complexity index is 624. The van der Waals surface area contributed by atoms with Gasteiger partial charge in [0.1, 0.15) is 0 Å². The van der Waals surface area contributed by atoms with Crippen LogP contribution in [0, 0.1) is 5.41 Å². The lowest BCUT2D eigenvalue weighted by atomic mass is 9.81. The first kappa shape index (κ1) is 20.9. The Kier molecular flexibility index (Phi) is 8.69. The third-order valence-electron chi connectivity index (χ3n) is 4.06. The minimum absolute atomic E-state index is 0. The van der Waals surface area contributed by atoms with Gasteiger partial charge < -0.3 is 5.73 Å². The van der Waals surface area contributed by atoms with Gasteiger partial charge in [-0.1, -0.05) is 67.3 Å². The zero-order valence-corrected chi connectivity index (χ0v) is 16.3. The fourth-order valence-corrected chi connectivity index (χ4v) is 3.92. The van der Waals surface area contributed by atoms with Crippen LogP contribution in [0.2, 0.25) is 0 Å². The van der Waals surface area contributed by atoms with Crippen LogP contribution in [0.15, 0.2) is 34.7 Å². The van der Waals surface area contributed by atoms with E-state index in [4.69, 9.17) is 5.73 Å². The number of hydrogen-bond donors (Lipinski definition) is 2. The second-order valence-electron chi connectivity index (χ2n) is 5.29. The molecule has 1 aromatic heterocycles. The number of amides is 1. The van der Waals surface area contributed by atoms with Gasteiger partial charge in [-0.15, -0.1) is 22.6 Å². The second kappa shape index (κ2) is 9.98. The SMILES string of the molecule is CCC(CC)(CN)C(=O)Nc1nnc(SCc2ccccc2)s1.Cl. The maximum absolute atomic E-state index is 12.5. The molecule has 0 saturated carbocycles. The fourth-order valence-electron chi connectivity index (χ4n) is 2.22. The molecule has 1 aromatic carbocycles. The largest absolute Gasteiger partial charge is 0.329 e. The summed E-state index contributed by atoms with van der Waals surface area (Å²) in [6.07, 6.45) is 1.42. The van der Waals surface area contributed by atoms with Crippen molar-refractivity contribution in [2.75, 3.05) is 11.9 Å². The highest BCUT2D eigenvalue weighted by atomic mass is 35.5. The lowest BCUT2D eigenvalue weighted by Crippen LogP contribution is -2.41. The van der Waals surface area contributed by atoms with E-state index in [-0.39, 0.29) is 18.3 Å². The smallest absolute Gasteiger partial charge is 0.233 e. The third-order valence-corrected chi connectivity index (χ3v) is 6.10. The zero-order chi connectivity index (χ0) is 16.7. The van der Waals surface area contributed by atoms with Crippen molar-refractivity contribution in [1.29, 1.82) is 0 Å². The Hall–Kier alpha value is -1.15. The third kappa shape index (κ3) is 5.17. The Morgan fingerprint density at radius 3 is 2.50 bits per heavy atom. The van der Waals surface area contributed by atoms with Gasteiger partial charge in [0.15, 0.2) is 4.34 Å². The summed E-state index contributed by atoms with van der Waals surface area (Å²) in [5.74, 6) is 0.765. The van der Waals surface area contributed by atoms with Crippen molar-refractivity contribution in [3.63, 3.8) is 0 Å². The van der Waals surface area contributed by atoms with E-state index in [9.17, 15) is 4.79 Å². The van der Waals surface area contributed by atoms with Crippen LogP contribution in [-0.2, 0) is 10.5 Å². The van der Waals surface area contributed by atoms with Crippen molar-refractivity contribution in [3.05, 3.63) is 35.9 Å². The van der Waals surface area contributed by atoms with E-state index in [1.54, 1.807) is 11.8 Å². The molecule has 0 radical (unpaired) electrons. The Morgan fingerprint density at radius 1 is 1.25 bits per heavy atom. The molecule has 0 bridgehead atoms. The normalized spacial score (nSPS) is 11.0. The van der Waals surface area contributed by atoms with Crippen LogP contribution in [-0.4, -0.2) is 22.6 Å². The van der Waals surface area contributed by atoms with Crippen LogP contribution in [0.3, 0.4) is 0 Å². The van der Waals surface area contributed by atoms with Gasteiger partial charge in [0, 0.05) is 12.3 Å². The topological polar surface area (TPSA) is 80.9 Å². The van der Waals surface area contributed by atoms with Gasteiger partial charge in [0.2, 0.25) is 11.0 Å². The summed E-state index contributed by atoms with van der Waals surface area (Å²) < 4.78 is 0.843. The molecule has 0 aliphatic carbocycles. The molecule has 0 atom stereocenters. The molecule has 0 spiro atoms. The zero-order valence-electron chi connectivity index (χ0n) is 13.8. The summed E-state index contributed by atoms with van der Waals surface area (Å²) in [4.78, 5) is 12.5. The van der Waals surface area contributed by atoms with E-state index in [2.05, 4.69) is 27.6 Å². The van der Waals surface area contributed by atoms with Crippen LogP contribution in [0.1, 0.15) is 32.3 Å². The van der Waals surface area contributed by atoms with Crippen LogP contribution < -0.4 is 11.1 Å². The van der Waals surface area contributed by atoms with Crippen molar-refractivity contribution in [3.8, 4) is 0 Å². The maximum atomic E-state index is 12.5. The monoisotopic (exact) mass is 386 g/mol. The highest BCUT2D eigenvalue weighted by molar-refractivity contribution is 8.00. The molecule has 24 heavy (non-hydrogen) atoms. The second-order valence-corrected chi connectivity index (χ2v) is 7.49. The molecule has 132 valence electrons. The first-order chi connectivity index (χ1) is 11.1. The fraction of sp³-hybridized carbons (Fsp3) is 0.438. The Morgan fingerprint density at radius 2 is 1.92 bits per heavy atom. The molecule has 2 aromatic rings. The first-order valence-corrected chi connectivity index (χ1v) is 9.45. The Balaban J connectivity index is 0.00000288. The Labute approximate surface area is 157 Å². The number of nitrogens with zero attached hydrogens (tertiary/aromatic N) is 2. The van der Waals surface area contributed by atoms with Gasteiger partial charge in [-0.05, 0) is 18.4 Å². The average molecular weight is 387 g/mol. The molecule has 5 nitrogen and oxygen atoms in total. The van der Waals surface area contributed by atoms with Crippen LogP contribution in [0.25, 0.3) is 0 Å². The average Bonchev–Trinajstić information content (AvgIpc) is 3.03. The molecule has 0 saturated heterocycles. The van der Waals surface area contributed by atoms with Crippen molar-refractivity contribution in [2.45, 2.75) is 36.8 Å². The summed E-state index contributed by atoms with van der Waals surface area (Å²) in [6.45, 7) is 4.30. The van der Waals surface area contributed by atoms with Crippen LogP contribution in [0.4, 0.5) is 5.13 Å². The molecule has 8 heteroatoms. The number of nitrogens with two attached hydrogens (primary N) is 1. The minimum atomic E-state index is -0.525. The van der Waals surface area contributed by atoms with E-state index < -0.39 is 5.41 Å². The number of benzene rings is 1. The summed E-state index contributed by atoms with van der Waals surface area (Å²) in [5, 5.41) is 11.6. The molecular formula is C16H23ClN4OS2. The van der Waals surface area contributed by atoms with Crippen LogP contribution >= 0.6 is 35.5 Å². The predicted octanol–water partition coefficient (Wildman–Crippen LogP) is 3.96. The van der Waals surface area contributed by atoms with Crippen molar-refractivity contribution in [1.82, 2.24) is 10.2 Å². The number of anilines is 1. The quantitative estimate of drug-likeness (QED) is 0.530. The van der Waals surface area contributed by atoms with Gasteiger partial charge >= 0.3 is 0 Å². The first-order valence-electron chi connectivity index (χ1n) is 7.65. The number of thioether (sulfide) groups is 1.